The Balaban J connectivity index is 2.07. The molecule has 0 saturated carbocycles. The Morgan fingerprint density at radius 3 is 2.32 bits per heavy atom. The van der Waals surface area contributed by atoms with Crippen LogP contribution in [0.15, 0.2) is 47.4 Å². The van der Waals surface area contributed by atoms with Crippen molar-refractivity contribution in [1.29, 1.82) is 0 Å². The van der Waals surface area contributed by atoms with Crippen molar-refractivity contribution in [3.63, 3.8) is 0 Å². The van der Waals surface area contributed by atoms with Gasteiger partial charge in [0.1, 0.15) is 5.82 Å². The lowest BCUT2D eigenvalue weighted by atomic mass is 10.2. The van der Waals surface area contributed by atoms with Gasteiger partial charge >= 0.3 is 0 Å². The van der Waals surface area contributed by atoms with Crippen LogP contribution in [0, 0.1) is 5.82 Å². The topological polar surface area (TPSA) is 58.2 Å². The normalized spacial score (nSPS) is 10.1. The van der Waals surface area contributed by atoms with Crippen molar-refractivity contribution in [2.75, 3.05) is 6.26 Å². The smallest absolute Gasteiger partial charge is 0.267 e. The standard InChI is InChI=1S/C15H12ClFN2O2S/c1-22-9-6-7-12(16)11(8-9)15(21)19-18-14(20)10-4-2-3-5-13(10)17/h2-8H,1H3,(H,18,20)(H,19,21). The van der Waals surface area contributed by atoms with E-state index in [-0.39, 0.29) is 16.1 Å². The second-order valence-electron chi connectivity index (χ2n) is 4.23. The third kappa shape index (κ3) is 3.78. The van der Waals surface area contributed by atoms with E-state index in [0.29, 0.717) is 0 Å². The van der Waals surface area contributed by atoms with Gasteiger partial charge in [0.05, 0.1) is 16.1 Å². The molecule has 0 atom stereocenters. The first kappa shape index (κ1) is 16.3. The lowest BCUT2D eigenvalue weighted by Gasteiger charge is -2.09. The van der Waals surface area contributed by atoms with Crippen molar-refractivity contribution in [3.8, 4) is 0 Å². The quantitative estimate of drug-likeness (QED) is 0.667. The van der Waals surface area contributed by atoms with E-state index in [1.54, 1.807) is 18.2 Å². The van der Waals surface area contributed by atoms with E-state index >= 15 is 0 Å². The van der Waals surface area contributed by atoms with Crippen LogP contribution in [-0.4, -0.2) is 18.1 Å². The maximum Gasteiger partial charge on any atom is 0.272 e. The van der Waals surface area contributed by atoms with E-state index in [0.717, 1.165) is 11.0 Å². The molecule has 2 amide bonds. The molecule has 0 fully saturated rings. The molecule has 0 radical (unpaired) electrons. The number of rotatable bonds is 3. The molecule has 0 heterocycles. The Bertz CT molecular complexity index is 724. The Morgan fingerprint density at radius 1 is 1.05 bits per heavy atom. The molecule has 0 aliphatic heterocycles. The number of hydrogen-bond acceptors (Lipinski definition) is 3. The van der Waals surface area contributed by atoms with Crippen molar-refractivity contribution < 1.29 is 14.0 Å². The molecule has 0 saturated heterocycles. The Labute approximate surface area is 136 Å². The average Bonchev–Trinajstić information content (AvgIpc) is 2.53. The zero-order valence-electron chi connectivity index (χ0n) is 11.5. The van der Waals surface area contributed by atoms with Gasteiger partial charge in [0, 0.05) is 4.90 Å². The zero-order chi connectivity index (χ0) is 16.1. The summed E-state index contributed by atoms with van der Waals surface area (Å²) < 4.78 is 13.5. The summed E-state index contributed by atoms with van der Waals surface area (Å²) in [5.41, 5.74) is 4.44. The van der Waals surface area contributed by atoms with Crippen LogP contribution in [0.2, 0.25) is 5.02 Å². The van der Waals surface area contributed by atoms with E-state index in [1.807, 2.05) is 6.26 Å². The van der Waals surface area contributed by atoms with E-state index < -0.39 is 17.6 Å². The Morgan fingerprint density at radius 2 is 1.68 bits per heavy atom. The van der Waals surface area contributed by atoms with Crippen LogP contribution < -0.4 is 10.9 Å². The Hall–Kier alpha value is -2.05. The molecule has 2 N–H and O–H groups in total. The number of carbonyl (C=O) groups is 2. The minimum absolute atomic E-state index is 0.160. The molecule has 22 heavy (non-hydrogen) atoms. The van der Waals surface area contributed by atoms with E-state index in [9.17, 15) is 14.0 Å². The number of amides is 2. The largest absolute Gasteiger partial charge is 0.272 e. The summed E-state index contributed by atoms with van der Waals surface area (Å²) in [6.45, 7) is 0. The lowest BCUT2D eigenvalue weighted by Crippen LogP contribution is -2.42. The van der Waals surface area contributed by atoms with Gasteiger partial charge in [-0.2, -0.15) is 0 Å². The minimum Gasteiger partial charge on any atom is -0.267 e. The summed E-state index contributed by atoms with van der Waals surface area (Å²) in [7, 11) is 0. The molecule has 7 heteroatoms. The molecular formula is C15H12ClFN2O2S. The van der Waals surface area contributed by atoms with Gasteiger partial charge in [-0.05, 0) is 36.6 Å². The van der Waals surface area contributed by atoms with Crippen LogP contribution in [0.25, 0.3) is 0 Å². The highest BCUT2D eigenvalue weighted by atomic mass is 35.5. The van der Waals surface area contributed by atoms with Crippen molar-refractivity contribution in [3.05, 3.63) is 64.4 Å². The third-order valence-corrected chi connectivity index (χ3v) is 3.88. The van der Waals surface area contributed by atoms with Crippen molar-refractivity contribution in [2.24, 2.45) is 0 Å². The number of halogens is 2. The molecule has 114 valence electrons. The van der Waals surface area contributed by atoms with E-state index in [1.165, 1.54) is 30.0 Å². The summed E-state index contributed by atoms with van der Waals surface area (Å²) in [5.74, 6) is -1.99. The predicted octanol–water partition coefficient (Wildman–Crippen LogP) is 3.28. The van der Waals surface area contributed by atoms with Gasteiger partial charge in [0.15, 0.2) is 0 Å². The fraction of sp³-hybridized carbons (Fsp3) is 0.0667. The number of carbonyl (C=O) groups excluding carboxylic acids is 2. The van der Waals surface area contributed by atoms with Gasteiger partial charge < -0.3 is 0 Å². The maximum absolute atomic E-state index is 13.5. The third-order valence-electron chi connectivity index (χ3n) is 2.83. The molecule has 2 aromatic rings. The van der Waals surface area contributed by atoms with Crippen LogP contribution in [-0.2, 0) is 0 Å². The second kappa shape index (κ2) is 7.29. The molecule has 2 rings (SSSR count). The predicted molar refractivity (Wildman–Crippen MR) is 84.6 cm³/mol. The molecule has 0 bridgehead atoms. The van der Waals surface area contributed by atoms with Crippen molar-refractivity contribution in [2.45, 2.75) is 4.90 Å². The first-order chi connectivity index (χ1) is 10.5. The van der Waals surface area contributed by atoms with Gasteiger partial charge in [-0.3, -0.25) is 20.4 Å². The van der Waals surface area contributed by atoms with E-state index in [4.69, 9.17) is 11.6 Å². The van der Waals surface area contributed by atoms with Gasteiger partial charge in [0.25, 0.3) is 11.8 Å². The number of nitrogens with one attached hydrogen (secondary N) is 2. The van der Waals surface area contributed by atoms with Crippen LogP contribution in [0.1, 0.15) is 20.7 Å². The number of thioether (sulfide) groups is 1. The van der Waals surface area contributed by atoms with E-state index in [2.05, 4.69) is 10.9 Å². The highest BCUT2D eigenvalue weighted by molar-refractivity contribution is 7.98. The summed E-state index contributed by atoms with van der Waals surface area (Å²) in [5, 5.41) is 0.260. The fourth-order valence-corrected chi connectivity index (χ4v) is 2.34. The zero-order valence-corrected chi connectivity index (χ0v) is 13.1. The van der Waals surface area contributed by atoms with Gasteiger partial charge in [-0.25, -0.2) is 4.39 Å². The number of benzene rings is 2. The Kier molecular flexibility index (Phi) is 5.41. The molecule has 2 aromatic carbocycles. The fourth-order valence-electron chi connectivity index (χ4n) is 1.70. The van der Waals surface area contributed by atoms with Gasteiger partial charge in [0.2, 0.25) is 0 Å². The summed E-state index contributed by atoms with van der Waals surface area (Å²) >= 11 is 7.42. The van der Waals surface area contributed by atoms with Crippen LogP contribution in [0.4, 0.5) is 4.39 Å². The summed E-state index contributed by atoms with van der Waals surface area (Å²) in [4.78, 5) is 24.7. The minimum atomic E-state index is -0.747. The average molecular weight is 339 g/mol. The molecule has 0 aromatic heterocycles. The SMILES string of the molecule is CSc1ccc(Cl)c(C(=O)NNC(=O)c2ccccc2F)c1. The monoisotopic (exact) mass is 338 g/mol. The summed E-state index contributed by atoms with van der Waals surface area (Å²) in [6, 6.07) is 10.5. The molecule has 4 nitrogen and oxygen atoms in total. The lowest BCUT2D eigenvalue weighted by molar-refractivity contribution is 0.0844. The first-order valence-electron chi connectivity index (χ1n) is 6.21. The van der Waals surface area contributed by atoms with Crippen LogP contribution in [0.3, 0.4) is 0 Å². The molecule has 0 spiro atoms. The van der Waals surface area contributed by atoms with Crippen molar-refractivity contribution >= 4 is 35.2 Å². The summed E-state index contributed by atoms with van der Waals surface area (Å²) in [6.07, 6.45) is 1.87. The van der Waals surface area contributed by atoms with Crippen LogP contribution in [0.5, 0.6) is 0 Å². The molecule has 0 aliphatic carbocycles. The maximum atomic E-state index is 13.5. The molecular weight excluding hydrogens is 327 g/mol. The molecule has 0 aliphatic rings. The highest BCUT2D eigenvalue weighted by Gasteiger charge is 2.14. The highest BCUT2D eigenvalue weighted by Crippen LogP contribution is 2.22. The van der Waals surface area contributed by atoms with Crippen LogP contribution >= 0.6 is 23.4 Å². The molecule has 0 unspecified atom stereocenters. The second-order valence-corrected chi connectivity index (χ2v) is 5.52. The number of hydrazine groups is 1. The first-order valence-corrected chi connectivity index (χ1v) is 7.82. The number of hydrogen-bond donors (Lipinski definition) is 2. The van der Waals surface area contributed by atoms with Gasteiger partial charge in [-0.1, -0.05) is 23.7 Å². The van der Waals surface area contributed by atoms with Gasteiger partial charge in [-0.15, -0.1) is 11.8 Å². The van der Waals surface area contributed by atoms with Crippen molar-refractivity contribution in [1.82, 2.24) is 10.9 Å².